The Kier molecular flexibility index (Phi) is 7.05. The molecule has 0 saturated carbocycles. The van der Waals surface area contributed by atoms with Crippen LogP contribution in [0.25, 0.3) is 6.08 Å². The van der Waals surface area contributed by atoms with Crippen LogP contribution in [-0.2, 0) is 5.41 Å². The van der Waals surface area contributed by atoms with Gasteiger partial charge in [0, 0.05) is 18.3 Å². The van der Waals surface area contributed by atoms with Crippen molar-refractivity contribution in [2.75, 3.05) is 12.4 Å². The Hall–Kier alpha value is -1.24. The average molecular weight is 275 g/mol. The Morgan fingerprint density at radius 3 is 2.00 bits per heavy atom. The zero-order chi connectivity index (χ0) is 16.1. The summed E-state index contributed by atoms with van der Waals surface area (Å²) in [5.41, 5.74) is 6.77. The minimum Gasteiger partial charge on any atom is -0.387 e. The summed E-state index contributed by atoms with van der Waals surface area (Å²) in [6.07, 6.45) is 1.97. The van der Waals surface area contributed by atoms with Crippen molar-refractivity contribution >= 4 is 11.8 Å². The summed E-state index contributed by atoms with van der Waals surface area (Å²) in [5, 5.41) is 3.34. The molecule has 1 aromatic carbocycles. The second-order valence-electron chi connectivity index (χ2n) is 6.29. The third-order valence-electron chi connectivity index (χ3n) is 3.55. The van der Waals surface area contributed by atoms with Crippen molar-refractivity contribution < 1.29 is 0 Å². The van der Waals surface area contributed by atoms with E-state index in [1.807, 2.05) is 27.0 Å². The van der Waals surface area contributed by atoms with Gasteiger partial charge in [-0.25, -0.2) is 0 Å². The average Bonchev–Trinajstić information content (AvgIpc) is 2.38. The van der Waals surface area contributed by atoms with Crippen molar-refractivity contribution in [3.8, 4) is 0 Å². The fraction of sp³-hybridized carbons (Fsp3) is 0.579. The molecule has 0 amide bonds. The van der Waals surface area contributed by atoms with Gasteiger partial charge in [-0.1, -0.05) is 67.2 Å². The van der Waals surface area contributed by atoms with Crippen LogP contribution < -0.4 is 5.32 Å². The third-order valence-corrected chi connectivity index (χ3v) is 3.55. The van der Waals surface area contributed by atoms with Crippen LogP contribution in [0.4, 0.5) is 5.69 Å². The van der Waals surface area contributed by atoms with Crippen LogP contribution in [0, 0.1) is 6.92 Å². The summed E-state index contributed by atoms with van der Waals surface area (Å²) in [4.78, 5) is 0. The van der Waals surface area contributed by atoms with Gasteiger partial charge in [0.15, 0.2) is 0 Å². The van der Waals surface area contributed by atoms with E-state index >= 15 is 0 Å². The molecule has 0 radical (unpaired) electrons. The first kappa shape index (κ1) is 18.8. The smallest absolute Gasteiger partial charge is 0.0449 e. The Labute approximate surface area is 126 Å². The van der Waals surface area contributed by atoms with Gasteiger partial charge < -0.3 is 5.32 Å². The van der Waals surface area contributed by atoms with Crippen molar-refractivity contribution in [2.45, 2.75) is 66.7 Å². The molecule has 1 nitrogen and oxygen atoms in total. The number of rotatable bonds is 3. The SMILES string of the molecule is C=Cc1c(C)c(C(C)(C)C)cc(C(C)C)c1NC.CC. The molecule has 0 aliphatic heterocycles. The summed E-state index contributed by atoms with van der Waals surface area (Å²) in [7, 11) is 1.99. The number of benzene rings is 1. The maximum atomic E-state index is 3.98. The highest BCUT2D eigenvalue weighted by atomic mass is 14.8. The molecule has 0 aromatic heterocycles. The van der Waals surface area contributed by atoms with E-state index in [-0.39, 0.29) is 5.41 Å². The van der Waals surface area contributed by atoms with Crippen molar-refractivity contribution in [3.63, 3.8) is 0 Å². The lowest BCUT2D eigenvalue weighted by Crippen LogP contribution is -2.16. The minimum absolute atomic E-state index is 0.164. The number of hydrogen-bond donors (Lipinski definition) is 1. The lowest BCUT2D eigenvalue weighted by atomic mass is 9.79. The normalized spacial score (nSPS) is 10.9. The van der Waals surface area contributed by atoms with Crippen LogP contribution >= 0.6 is 0 Å². The van der Waals surface area contributed by atoms with Gasteiger partial charge in [-0.3, -0.25) is 0 Å². The van der Waals surface area contributed by atoms with Gasteiger partial charge in [-0.15, -0.1) is 0 Å². The van der Waals surface area contributed by atoms with E-state index in [2.05, 4.69) is 59.5 Å². The van der Waals surface area contributed by atoms with Crippen LogP contribution in [0.1, 0.15) is 76.6 Å². The molecule has 0 atom stereocenters. The molecule has 114 valence electrons. The molecular weight excluding hydrogens is 242 g/mol. The molecule has 0 saturated heterocycles. The van der Waals surface area contributed by atoms with E-state index in [4.69, 9.17) is 0 Å². The van der Waals surface area contributed by atoms with Crippen molar-refractivity contribution in [3.05, 3.63) is 34.9 Å². The van der Waals surface area contributed by atoms with E-state index in [1.54, 1.807) is 0 Å². The molecule has 0 heterocycles. The Bertz CT molecular complexity index is 448. The molecule has 20 heavy (non-hydrogen) atoms. The van der Waals surface area contributed by atoms with Crippen LogP contribution in [0.15, 0.2) is 12.6 Å². The Morgan fingerprint density at radius 2 is 1.70 bits per heavy atom. The first-order chi connectivity index (χ1) is 9.23. The van der Waals surface area contributed by atoms with Crippen LogP contribution in [0.3, 0.4) is 0 Å². The molecule has 0 aliphatic carbocycles. The maximum Gasteiger partial charge on any atom is 0.0449 e. The van der Waals surface area contributed by atoms with Crippen molar-refractivity contribution in [1.29, 1.82) is 0 Å². The predicted molar refractivity (Wildman–Crippen MR) is 95.0 cm³/mol. The highest BCUT2D eigenvalue weighted by Gasteiger charge is 2.22. The number of hydrogen-bond acceptors (Lipinski definition) is 1. The quantitative estimate of drug-likeness (QED) is 0.700. The predicted octanol–water partition coefficient (Wildman–Crippen LogP) is 6.13. The van der Waals surface area contributed by atoms with Crippen molar-refractivity contribution in [2.24, 2.45) is 0 Å². The summed E-state index contributed by atoms with van der Waals surface area (Å²) >= 11 is 0. The summed E-state index contributed by atoms with van der Waals surface area (Å²) in [6, 6.07) is 2.36. The van der Waals surface area contributed by atoms with Gasteiger partial charge in [0.1, 0.15) is 0 Å². The molecule has 1 N–H and O–H groups in total. The lowest BCUT2D eigenvalue weighted by Gasteiger charge is -2.27. The van der Waals surface area contributed by atoms with E-state index in [0.29, 0.717) is 5.92 Å². The fourth-order valence-corrected chi connectivity index (χ4v) is 2.59. The second-order valence-corrected chi connectivity index (χ2v) is 6.29. The van der Waals surface area contributed by atoms with Gasteiger partial charge in [-0.05, 0) is 34.9 Å². The standard InChI is InChI=1S/C17H27N.C2H6/c1-9-13-12(4)15(17(5,6)7)10-14(11(2)3)16(13)18-8;1-2/h9-11,18H,1H2,2-8H3;1-2H3. The molecular formula is C19H33N. The van der Waals surface area contributed by atoms with Gasteiger partial charge >= 0.3 is 0 Å². The van der Waals surface area contributed by atoms with E-state index in [0.717, 1.165) is 0 Å². The van der Waals surface area contributed by atoms with E-state index in [9.17, 15) is 0 Å². The van der Waals surface area contributed by atoms with Crippen LogP contribution in [0.5, 0.6) is 0 Å². The topological polar surface area (TPSA) is 12.0 Å². The number of nitrogens with one attached hydrogen (secondary N) is 1. The zero-order valence-electron chi connectivity index (χ0n) is 14.9. The molecule has 0 unspecified atom stereocenters. The molecule has 0 aliphatic rings. The van der Waals surface area contributed by atoms with Gasteiger partial charge in [-0.2, -0.15) is 0 Å². The maximum absolute atomic E-state index is 3.98. The third kappa shape index (κ3) is 3.88. The molecule has 1 heteroatoms. The van der Waals surface area contributed by atoms with Gasteiger partial charge in [0.25, 0.3) is 0 Å². The molecule has 0 fully saturated rings. The molecule has 0 bridgehead atoms. The van der Waals surface area contributed by atoms with Gasteiger partial charge in [0.2, 0.25) is 0 Å². The summed E-state index contributed by atoms with van der Waals surface area (Å²) in [6.45, 7) is 21.5. The molecule has 1 aromatic rings. The van der Waals surface area contributed by atoms with Crippen molar-refractivity contribution in [1.82, 2.24) is 0 Å². The van der Waals surface area contributed by atoms with Crippen LogP contribution in [-0.4, -0.2) is 7.05 Å². The fourth-order valence-electron chi connectivity index (χ4n) is 2.59. The Morgan fingerprint density at radius 1 is 1.20 bits per heavy atom. The molecule has 1 rings (SSSR count). The second kappa shape index (κ2) is 7.52. The first-order valence-electron chi connectivity index (χ1n) is 7.72. The highest BCUT2D eigenvalue weighted by Crippen LogP contribution is 2.37. The van der Waals surface area contributed by atoms with Gasteiger partial charge in [0.05, 0.1) is 0 Å². The summed E-state index contributed by atoms with van der Waals surface area (Å²) < 4.78 is 0. The number of anilines is 1. The highest BCUT2D eigenvalue weighted by molar-refractivity contribution is 5.74. The van der Waals surface area contributed by atoms with E-state index in [1.165, 1.54) is 27.9 Å². The van der Waals surface area contributed by atoms with E-state index < -0.39 is 0 Å². The minimum atomic E-state index is 0.164. The monoisotopic (exact) mass is 275 g/mol. The first-order valence-corrected chi connectivity index (χ1v) is 7.72. The summed E-state index contributed by atoms with van der Waals surface area (Å²) in [5.74, 6) is 0.507. The van der Waals surface area contributed by atoms with Crippen LogP contribution in [0.2, 0.25) is 0 Å². The molecule has 0 spiro atoms. The lowest BCUT2D eigenvalue weighted by molar-refractivity contribution is 0.584. The largest absolute Gasteiger partial charge is 0.387 e. The Balaban J connectivity index is 0.00000172. The zero-order valence-corrected chi connectivity index (χ0v) is 14.9.